The molecule has 4 nitrogen and oxygen atoms in total. The van der Waals surface area contributed by atoms with Crippen LogP contribution in [0.2, 0.25) is 0 Å². The predicted molar refractivity (Wildman–Crippen MR) is 84.8 cm³/mol. The third-order valence-corrected chi connectivity index (χ3v) is 6.49. The van der Waals surface area contributed by atoms with Crippen LogP contribution >= 0.6 is 0 Å². The molecule has 0 radical (unpaired) electrons. The van der Waals surface area contributed by atoms with E-state index in [0.717, 1.165) is 24.3 Å². The fourth-order valence-corrected chi connectivity index (χ4v) is 4.29. The lowest BCUT2D eigenvalue weighted by atomic mass is 9.64. The summed E-state index contributed by atoms with van der Waals surface area (Å²) in [4.78, 5) is 25.4. The number of anilines is 1. The molecule has 0 saturated heterocycles. The highest BCUT2D eigenvalue weighted by molar-refractivity contribution is 6.04. The summed E-state index contributed by atoms with van der Waals surface area (Å²) in [6, 6.07) is 7.28. The first-order valence-electron chi connectivity index (χ1n) is 7.76. The standard InChI is InChI=1S/C18H23NO3/c1-16(2)17(3)9-10-18(16,11-14(17)20)15(21)19-12-5-7-13(22-4)8-6-12/h5-8H,9-11H2,1-4H3,(H,19,21)/t17-,18+/m0/s1. The molecule has 0 aliphatic heterocycles. The third kappa shape index (κ3) is 1.70. The van der Waals surface area contributed by atoms with E-state index in [1.165, 1.54) is 0 Å². The number of fused-ring (bicyclic) bond motifs is 2. The van der Waals surface area contributed by atoms with E-state index in [-0.39, 0.29) is 22.5 Å². The van der Waals surface area contributed by atoms with Crippen molar-refractivity contribution in [1.29, 1.82) is 0 Å². The minimum Gasteiger partial charge on any atom is -0.497 e. The van der Waals surface area contributed by atoms with Crippen LogP contribution in [0.15, 0.2) is 24.3 Å². The van der Waals surface area contributed by atoms with Crippen molar-refractivity contribution in [2.75, 3.05) is 12.4 Å². The van der Waals surface area contributed by atoms with Crippen LogP contribution in [-0.4, -0.2) is 18.8 Å². The van der Waals surface area contributed by atoms with Crippen molar-refractivity contribution < 1.29 is 14.3 Å². The quantitative estimate of drug-likeness (QED) is 0.930. The van der Waals surface area contributed by atoms with Crippen LogP contribution in [0.3, 0.4) is 0 Å². The highest BCUT2D eigenvalue weighted by Crippen LogP contribution is 2.70. The van der Waals surface area contributed by atoms with Gasteiger partial charge in [0.25, 0.3) is 0 Å². The number of hydrogen-bond donors (Lipinski definition) is 1. The molecule has 2 bridgehead atoms. The number of amides is 1. The average molecular weight is 301 g/mol. The van der Waals surface area contributed by atoms with E-state index in [4.69, 9.17) is 4.74 Å². The van der Waals surface area contributed by atoms with Gasteiger partial charge >= 0.3 is 0 Å². The summed E-state index contributed by atoms with van der Waals surface area (Å²) < 4.78 is 5.12. The topological polar surface area (TPSA) is 55.4 Å². The van der Waals surface area contributed by atoms with Gasteiger partial charge in [-0.05, 0) is 42.5 Å². The van der Waals surface area contributed by atoms with E-state index >= 15 is 0 Å². The molecule has 2 atom stereocenters. The van der Waals surface area contributed by atoms with E-state index in [9.17, 15) is 9.59 Å². The third-order valence-electron chi connectivity index (χ3n) is 6.49. The molecule has 0 heterocycles. The Labute approximate surface area is 131 Å². The largest absolute Gasteiger partial charge is 0.497 e. The van der Waals surface area contributed by atoms with Crippen molar-refractivity contribution in [2.24, 2.45) is 16.2 Å². The number of methoxy groups -OCH3 is 1. The normalized spacial score (nSPS) is 32.1. The molecule has 1 amide bonds. The molecule has 2 saturated carbocycles. The van der Waals surface area contributed by atoms with Crippen molar-refractivity contribution in [3.05, 3.63) is 24.3 Å². The monoisotopic (exact) mass is 301 g/mol. The number of ketones is 1. The van der Waals surface area contributed by atoms with Gasteiger partial charge in [-0.15, -0.1) is 0 Å². The van der Waals surface area contributed by atoms with Crippen molar-refractivity contribution in [3.63, 3.8) is 0 Å². The van der Waals surface area contributed by atoms with Crippen LogP contribution in [0.25, 0.3) is 0 Å². The van der Waals surface area contributed by atoms with Gasteiger partial charge in [0.05, 0.1) is 12.5 Å². The van der Waals surface area contributed by atoms with Gasteiger partial charge in [0.15, 0.2) is 0 Å². The Morgan fingerprint density at radius 1 is 1.14 bits per heavy atom. The second-order valence-corrected chi connectivity index (χ2v) is 7.32. The smallest absolute Gasteiger partial charge is 0.231 e. The van der Waals surface area contributed by atoms with Gasteiger partial charge in [0.1, 0.15) is 11.5 Å². The molecule has 3 rings (SSSR count). The zero-order valence-electron chi connectivity index (χ0n) is 13.7. The van der Waals surface area contributed by atoms with Crippen LogP contribution in [0.5, 0.6) is 5.75 Å². The maximum Gasteiger partial charge on any atom is 0.231 e. The van der Waals surface area contributed by atoms with E-state index < -0.39 is 5.41 Å². The number of nitrogens with one attached hydrogen (secondary N) is 1. The van der Waals surface area contributed by atoms with Crippen molar-refractivity contribution in [1.82, 2.24) is 0 Å². The highest BCUT2D eigenvalue weighted by Gasteiger charge is 2.72. The molecule has 2 aliphatic carbocycles. The first-order valence-corrected chi connectivity index (χ1v) is 7.76. The number of hydrogen-bond acceptors (Lipinski definition) is 3. The summed E-state index contributed by atoms with van der Waals surface area (Å²) in [7, 11) is 1.61. The number of ether oxygens (including phenoxy) is 1. The van der Waals surface area contributed by atoms with Gasteiger partial charge in [-0.25, -0.2) is 0 Å². The fraction of sp³-hybridized carbons (Fsp3) is 0.556. The van der Waals surface area contributed by atoms with Gasteiger partial charge in [-0.1, -0.05) is 20.8 Å². The lowest BCUT2D eigenvalue weighted by Crippen LogP contribution is -2.43. The average Bonchev–Trinajstić information content (AvgIpc) is 2.78. The second kappa shape index (κ2) is 4.58. The summed E-state index contributed by atoms with van der Waals surface area (Å²) in [6.07, 6.45) is 1.94. The molecule has 2 fully saturated rings. The lowest BCUT2D eigenvalue weighted by Gasteiger charge is -2.38. The van der Waals surface area contributed by atoms with Crippen LogP contribution in [0.1, 0.15) is 40.0 Å². The molecule has 1 aromatic carbocycles. The Morgan fingerprint density at radius 3 is 2.23 bits per heavy atom. The zero-order chi connectivity index (χ0) is 16.2. The van der Waals surface area contributed by atoms with Crippen LogP contribution in [0.4, 0.5) is 5.69 Å². The maximum atomic E-state index is 13.0. The Morgan fingerprint density at radius 2 is 1.77 bits per heavy atom. The summed E-state index contributed by atoms with van der Waals surface area (Å²) in [6.45, 7) is 6.15. The molecule has 2 aliphatic rings. The molecule has 1 N–H and O–H groups in total. The van der Waals surface area contributed by atoms with E-state index in [2.05, 4.69) is 19.2 Å². The van der Waals surface area contributed by atoms with Crippen molar-refractivity contribution >= 4 is 17.4 Å². The second-order valence-electron chi connectivity index (χ2n) is 7.32. The van der Waals surface area contributed by atoms with Crippen LogP contribution in [-0.2, 0) is 9.59 Å². The van der Waals surface area contributed by atoms with Gasteiger partial charge < -0.3 is 10.1 Å². The van der Waals surface area contributed by atoms with Gasteiger partial charge in [0, 0.05) is 17.5 Å². The van der Waals surface area contributed by atoms with Crippen molar-refractivity contribution in [3.8, 4) is 5.75 Å². The Hall–Kier alpha value is -1.84. The summed E-state index contributed by atoms with van der Waals surface area (Å²) >= 11 is 0. The molecule has 4 heteroatoms. The molecular weight excluding hydrogens is 278 g/mol. The molecule has 1 aromatic rings. The minimum atomic E-state index is -0.585. The number of carbonyl (C=O) groups excluding carboxylic acids is 2. The summed E-state index contributed by atoms with van der Waals surface area (Å²) in [5.74, 6) is 0.951. The summed E-state index contributed by atoms with van der Waals surface area (Å²) in [5.41, 5.74) is -0.527. The first kappa shape index (κ1) is 15.1. The molecule has 0 aromatic heterocycles. The van der Waals surface area contributed by atoms with Crippen LogP contribution in [0, 0.1) is 16.2 Å². The minimum absolute atomic E-state index is 0.0303. The Balaban J connectivity index is 1.87. The fourth-order valence-electron chi connectivity index (χ4n) is 4.29. The highest BCUT2D eigenvalue weighted by atomic mass is 16.5. The van der Waals surface area contributed by atoms with E-state index in [1.54, 1.807) is 7.11 Å². The van der Waals surface area contributed by atoms with Gasteiger partial charge in [-0.3, -0.25) is 9.59 Å². The Kier molecular flexibility index (Phi) is 3.13. The maximum absolute atomic E-state index is 13.0. The molecule has 118 valence electrons. The zero-order valence-corrected chi connectivity index (χ0v) is 13.7. The predicted octanol–water partition coefficient (Wildman–Crippen LogP) is 3.42. The molecule has 22 heavy (non-hydrogen) atoms. The lowest BCUT2D eigenvalue weighted by molar-refractivity contribution is -0.131. The van der Waals surface area contributed by atoms with Crippen molar-refractivity contribution in [2.45, 2.75) is 40.0 Å². The van der Waals surface area contributed by atoms with E-state index in [0.29, 0.717) is 6.42 Å². The Bertz CT molecular complexity index is 634. The molecule has 0 spiro atoms. The molecular formula is C18H23NO3. The first-order chi connectivity index (χ1) is 10.3. The summed E-state index contributed by atoms with van der Waals surface area (Å²) in [5, 5.41) is 3.00. The van der Waals surface area contributed by atoms with Gasteiger partial charge in [0.2, 0.25) is 5.91 Å². The number of benzene rings is 1. The number of rotatable bonds is 3. The van der Waals surface area contributed by atoms with Gasteiger partial charge in [-0.2, -0.15) is 0 Å². The number of Topliss-reactive ketones (excluding diaryl/α,β-unsaturated/α-hetero) is 1. The number of carbonyl (C=O) groups is 2. The van der Waals surface area contributed by atoms with E-state index in [1.807, 2.05) is 31.2 Å². The molecule has 0 unspecified atom stereocenters. The SMILES string of the molecule is COc1ccc(NC(=O)[C@@]23CC[C@@](C)(C(=O)C2)C3(C)C)cc1. The van der Waals surface area contributed by atoms with Crippen LogP contribution < -0.4 is 10.1 Å².